The highest BCUT2D eigenvalue weighted by molar-refractivity contribution is 5.53. The number of fused-ring (bicyclic) bond motifs is 1. The van der Waals surface area contributed by atoms with Crippen LogP contribution in [-0.4, -0.2) is 18.3 Å². The Hall–Kier alpha value is -2.07. The van der Waals surface area contributed by atoms with E-state index in [1.807, 2.05) is 37.3 Å². The van der Waals surface area contributed by atoms with E-state index in [2.05, 4.69) is 5.32 Å². The lowest BCUT2D eigenvalue weighted by Crippen LogP contribution is -2.43. The maximum Gasteiger partial charge on any atom is 0.125 e. The van der Waals surface area contributed by atoms with Gasteiger partial charge in [-0.05, 0) is 36.8 Å². The molecule has 0 aliphatic carbocycles. The lowest BCUT2D eigenvalue weighted by Gasteiger charge is -2.39. The van der Waals surface area contributed by atoms with E-state index in [1.54, 1.807) is 0 Å². The second-order valence-corrected chi connectivity index (χ2v) is 5.48. The molecule has 2 aromatic carbocycles. The Balaban J connectivity index is 2.02. The zero-order valence-corrected chi connectivity index (χ0v) is 11.9. The van der Waals surface area contributed by atoms with E-state index in [9.17, 15) is 9.50 Å². The van der Waals surface area contributed by atoms with Crippen LogP contribution in [0.2, 0.25) is 0 Å². The quantitative estimate of drug-likeness (QED) is 0.910. The van der Waals surface area contributed by atoms with Crippen molar-refractivity contribution in [2.24, 2.45) is 0 Å². The van der Waals surface area contributed by atoms with Crippen LogP contribution in [0.1, 0.15) is 17.5 Å². The van der Waals surface area contributed by atoms with Crippen molar-refractivity contribution in [3.63, 3.8) is 0 Å². The molecule has 0 aromatic heterocycles. The van der Waals surface area contributed by atoms with Crippen LogP contribution in [-0.2, 0) is 5.54 Å². The van der Waals surface area contributed by atoms with Gasteiger partial charge in [0, 0.05) is 17.7 Å². The first-order chi connectivity index (χ1) is 10.1. The molecule has 1 unspecified atom stereocenters. The maximum absolute atomic E-state index is 13.6. The van der Waals surface area contributed by atoms with Gasteiger partial charge in [-0.2, -0.15) is 0 Å². The molecule has 0 saturated heterocycles. The van der Waals surface area contributed by atoms with Gasteiger partial charge in [0.25, 0.3) is 0 Å². The predicted molar refractivity (Wildman–Crippen MR) is 80.1 cm³/mol. The third-order valence-corrected chi connectivity index (χ3v) is 3.88. The second-order valence-electron chi connectivity index (χ2n) is 5.48. The summed E-state index contributed by atoms with van der Waals surface area (Å²) in [5, 5.41) is 13.3. The smallest absolute Gasteiger partial charge is 0.125 e. The van der Waals surface area contributed by atoms with Gasteiger partial charge in [0.15, 0.2) is 0 Å². The average Bonchev–Trinajstić information content (AvgIpc) is 2.46. The number of halogens is 1. The number of hydrogen-bond acceptors (Lipinski definition) is 3. The van der Waals surface area contributed by atoms with E-state index < -0.39 is 5.54 Å². The molecule has 0 bridgehead atoms. The Morgan fingerprint density at radius 2 is 2.10 bits per heavy atom. The number of aliphatic hydroxyl groups is 1. The molecule has 1 atom stereocenters. The number of aliphatic hydroxyl groups excluding tert-OH is 1. The third-order valence-electron chi connectivity index (χ3n) is 3.88. The predicted octanol–water partition coefficient (Wildman–Crippen LogP) is 3.22. The van der Waals surface area contributed by atoms with Crippen molar-refractivity contribution in [3.8, 4) is 5.75 Å². The Kier molecular flexibility index (Phi) is 3.55. The van der Waals surface area contributed by atoms with Gasteiger partial charge in [0.05, 0.1) is 18.8 Å². The minimum absolute atomic E-state index is 0.0804. The van der Waals surface area contributed by atoms with Crippen molar-refractivity contribution < 1.29 is 14.2 Å². The summed E-state index contributed by atoms with van der Waals surface area (Å²) < 4.78 is 19.2. The van der Waals surface area contributed by atoms with Crippen LogP contribution in [0.4, 0.5) is 10.1 Å². The van der Waals surface area contributed by atoms with E-state index in [0.29, 0.717) is 18.7 Å². The Morgan fingerprint density at radius 1 is 1.29 bits per heavy atom. The molecule has 2 N–H and O–H groups in total. The monoisotopic (exact) mass is 287 g/mol. The minimum atomic E-state index is -0.644. The Bertz CT molecular complexity index is 639. The van der Waals surface area contributed by atoms with Crippen LogP contribution >= 0.6 is 0 Å². The highest BCUT2D eigenvalue weighted by atomic mass is 19.1. The maximum atomic E-state index is 13.6. The van der Waals surface area contributed by atoms with E-state index in [0.717, 1.165) is 16.9 Å². The third kappa shape index (κ3) is 2.59. The summed E-state index contributed by atoms with van der Waals surface area (Å²) in [6.07, 6.45) is 0.621. The number of hydrogen-bond donors (Lipinski definition) is 2. The summed E-state index contributed by atoms with van der Waals surface area (Å²) in [5.41, 5.74) is 1.76. The van der Waals surface area contributed by atoms with Crippen molar-refractivity contribution in [2.75, 3.05) is 18.5 Å². The van der Waals surface area contributed by atoms with Crippen LogP contribution in [0.3, 0.4) is 0 Å². The summed E-state index contributed by atoms with van der Waals surface area (Å²) in [6, 6.07) is 12.4. The molecule has 0 saturated carbocycles. The molecule has 0 amide bonds. The van der Waals surface area contributed by atoms with Crippen LogP contribution in [0.25, 0.3) is 0 Å². The number of nitrogens with one attached hydrogen (secondary N) is 1. The highest BCUT2D eigenvalue weighted by Gasteiger charge is 2.37. The number of anilines is 1. The molecule has 1 aliphatic heterocycles. The lowest BCUT2D eigenvalue weighted by atomic mass is 9.85. The molecule has 110 valence electrons. The fourth-order valence-corrected chi connectivity index (χ4v) is 2.88. The van der Waals surface area contributed by atoms with E-state index in [-0.39, 0.29) is 12.4 Å². The Morgan fingerprint density at radius 3 is 2.86 bits per heavy atom. The number of para-hydroxylation sites is 1. The number of benzene rings is 2. The zero-order valence-electron chi connectivity index (χ0n) is 11.9. The summed E-state index contributed by atoms with van der Waals surface area (Å²) >= 11 is 0. The first kappa shape index (κ1) is 13.9. The van der Waals surface area contributed by atoms with Gasteiger partial charge >= 0.3 is 0 Å². The summed E-state index contributed by atoms with van der Waals surface area (Å²) in [6.45, 7) is 2.28. The average molecular weight is 287 g/mol. The molecule has 4 heteroatoms. The van der Waals surface area contributed by atoms with Crippen LogP contribution in [0, 0.1) is 12.7 Å². The molecular formula is C17H18FNO2. The van der Waals surface area contributed by atoms with Crippen LogP contribution in [0.5, 0.6) is 5.75 Å². The van der Waals surface area contributed by atoms with E-state index in [4.69, 9.17) is 4.74 Å². The largest absolute Gasteiger partial charge is 0.493 e. The topological polar surface area (TPSA) is 41.5 Å². The van der Waals surface area contributed by atoms with Gasteiger partial charge < -0.3 is 15.2 Å². The normalized spacial score (nSPS) is 20.5. The van der Waals surface area contributed by atoms with Gasteiger partial charge in [0.2, 0.25) is 0 Å². The summed E-state index contributed by atoms with van der Waals surface area (Å²) in [5.74, 6) is 0.476. The van der Waals surface area contributed by atoms with Crippen LogP contribution < -0.4 is 10.1 Å². The molecule has 1 heterocycles. The first-order valence-electron chi connectivity index (χ1n) is 7.01. The van der Waals surface area contributed by atoms with Gasteiger partial charge in [-0.25, -0.2) is 4.39 Å². The van der Waals surface area contributed by atoms with E-state index in [1.165, 1.54) is 12.1 Å². The molecule has 0 spiro atoms. The highest BCUT2D eigenvalue weighted by Crippen LogP contribution is 2.39. The lowest BCUT2D eigenvalue weighted by molar-refractivity contribution is 0.152. The van der Waals surface area contributed by atoms with Gasteiger partial charge in [-0.1, -0.05) is 18.2 Å². The van der Waals surface area contributed by atoms with Crippen molar-refractivity contribution >= 4 is 5.69 Å². The molecule has 0 radical (unpaired) electrons. The van der Waals surface area contributed by atoms with Crippen molar-refractivity contribution in [2.45, 2.75) is 18.9 Å². The van der Waals surface area contributed by atoms with E-state index >= 15 is 0 Å². The molecule has 3 nitrogen and oxygen atoms in total. The van der Waals surface area contributed by atoms with Gasteiger partial charge in [-0.15, -0.1) is 0 Å². The van der Waals surface area contributed by atoms with Gasteiger partial charge in [0.1, 0.15) is 11.6 Å². The molecule has 2 aromatic rings. The fraction of sp³-hybridized carbons (Fsp3) is 0.294. The fourth-order valence-electron chi connectivity index (χ4n) is 2.88. The zero-order chi connectivity index (χ0) is 14.9. The van der Waals surface area contributed by atoms with Crippen molar-refractivity contribution in [3.05, 3.63) is 59.4 Å². The molecule has 21 heavy (non-hydrogen) atoms. The molecule has 3 rings (SSSR count). The summed E-state index contributed by atoms with van der Waals surface area (Å²) in [4.78, 5) is 0. The number of ether oxygens (including phenoxy) is 1. The minimum Gasteiger partial charge on any atom is -0.493 e. The van der Waals surface area contributed by atoms with Crippen LogP contribution in [0.15, 0.2) is 42.5 Å². The number of aryl methyl sites for hydroxylation is 1. The SMILES string of the molecule is Cc1cc(F)cc(NC2(CO)CCOc3ccccc32)c1. The molecule has 1 aliphatic rings. The van der Waals surface area contributed by atoms with Crippen molar-refractivity contribution in [1.82, 2.24) is 0 Å². The standard InChI is InChI=1S/C17H18FNO2/c1-12-8-13(18)10-14(9-12)19-17(11-20)6-7-21-16-5-3-2-4-15(16)17/h2-5,8-10,19-20H,6-7,11H2,1H3. The summed E-state index contributed by atoms with van der Waals surface area (Å²) in [7, 11) is 0. The molecular weight excluding hydrogens is 269 g/mol. The van der Waals surface area contributed by atoms with Gasteiger partial charge in [-0.3, -0.25) is 0 Å². The first-order valence-corrected chi connectivity index (χ1v) is 7.01. The van der Waals surface area contributed by atoms with Crippen molar-refractivity contribution in [1.29, 1.82) is 0 Å². The molecule has 0 fully saturated rings. The Labute approximate surface area is 123 Å². The number of rotatable bonds is 3. The second kappa shape index (κ2) is 5.37.